The summed E-state index contributed by atoms with van der Waals surface area (Å²) in [6.45, 7) is 2.06. The normalized spacial score (nSPS) is 24.4. The summed E-state index contributed by atoms with van der Waals surface area (Å²) >= 11 is 3.29. The molecule has 2 rings (SSSR count). The fourth-order valence-corrected chi connectivity index (χ4v) is 2.43. The molecule has 1 aliphatic heterocycles. The summed E-state index contributed by atoms with van der Waals surface area (Å²) in [4.78, 5) is 17.3. The number of ether oxygens (including phenoxy) is 1. The molecule has 2 atom stereocenters. The second-order valence-electron chi connectivity index (χ2n) is 4.47. The lowest BCUT2D eigenvalue weighted by Crippen LogP contribution is -3.11. The Balaban J connectivity index is 1.97. The van der Waals surface area contributed by atoms with E-state index in [1.165, 1.54) is 11.1 Å². The Kier molecular flexibility index (Phi) is 4.12. The molecule has 2 heterocycles. The van der Waals surface area contributed by atoms with E-state index >= 15 is 0 Å². The first-order valence-electron chi connectivity index (χ1n) is 5.78. The fourth-order valence-electron chi connectivity index (χ4n) is 2.07. The minimum absolute atomic E-state index is 0.0373. The molecule has 4 nitrogen and oxygen atoms in total. The number of hydrogen-bond donors (Lipinski definition) is 1. The van der Waals surface area contributed by atoms with E-state index in [4.69, 9.17) is 4.74 Å². The van der Waals surface area contributed by atoms with E-state index in [1.807, 2.05) is 0 Å². The molecule has 0 aromatic carbocycles. The number of rotatable bonds is 2. The largest absolute Gasteiger partial charge is 0.453 e. The average Bonchev–Trinajstić information content (AvgIpc) is 2.29. The smallest absolute Gasteiger partial charge is 0.340 e. The van der Waals surface area contributed by atoms with E-state index in [9.17, 15) is 4.79 Å². The molecule has 17 heavy (non-hydrogen) atoms. The molecular formula is C12H16BrN2O2+. The Morgan fingerprint density at radius 2 is 2.41 bits per heavy atom. The van der Waals surface area contributed by atoms with Crippen molar-refractivity contribution in [3.05, 3.63) is 28.5 Å². The van der Waals surface area contributed by atoms with Gasteiger partial charge in [-0.15, -0.1) is 0 Å². The maximum absolute atomic E-state index is 11.9. The molecule has 1 fully saturated rings. The van der Waals surface area contributed by atoms with Gasteiger partial charge in [-0.25, -0.2) is 4.79 Å². The minimum atomic E-state index is -0.279. The monoisotopic (exact) mass is 299 g/mol. The molecule has 5 heteroatoms. The van der Waals surface area contributed by atoms with Crippen LogP contribution >= 0.6 is 15.9 Å². The molecule has 0 spiro atoms. The number of piperidine rings is 1. The van der Waals surface area contributed by atoms with Crippen LogP contribution in [0.1, 0.15) is 23.2 Å². The Labute approximate surface area is 109 Å². The van der Waals surface area contributed by atoms with Crippen molar-refractivity contribution < 1.29 is 14.4 Å². The van der Waals surface area contributed by atoms with Gasteiger partial charge in [-0.2, -0.15) is 0 Å². The van der Waals surface area contributed by atoms with Crippen molar-refractivity contribution in [1.82, 2.24) is 4.98 Å². The Hall–Kier alpha value is -0.940. The number of esters is 1. The van der Waals surface area contributed by atoms with Crippen molar-refractivity contribution in [2.24, 2.45) is 0 Å². The molecule has 0 bridgehead atoms. The highest BCUT2D eigenvalue weighted by Crippen LogP contribution is 2.12. The zero-order valence-electron chi connectivity index (χ0n) is 9.78. The van der Waals surface area contributed by atoms with E-state index in [0.29, 0.717) is 5.56 Å². The van der Waals surface area contributed by atoms with Gasteiger partial charge in [-0.05, 0) is 28.4 Å². The van der Waals surface area contributed by atoms with E-state index in [-0.39, 0.29) is 12.1 Å². The van der Waals surface area contributed by atoms with Gasteiger partial charge in [0.2, 0.25) is 0 Å². The van der Waals surface area contributed by atoms with Crippen molar-refractivity contribution >= 4 is 21.9 Å². The van der Waals surface area contributed by atoms with Crippen LogP contribution in [-0.4, -0.2) is 37.2 Å². The van der Waals surface area contributed by atoms with Crippen LogP contribution in [-0.2, 0) is 4.74 Å². The lowest BCUT2D eigenvalue weighted by Gasteiger charge is -2.26. The summed E-state index contributed by atoms with van der Waals surface area (Å²) < 4.78 is 6.27. The molecule has 1 saturated heterocycles. The van der Waals surface area contributed by atoms with Crippen molar-refractivity contribution in [2.45, 2.75) is 18.9 Å². The molecule has 0 radical (unpaired) electrons. The number of quaternary nitrogens is 1. The molecule has 1 aliphatic rings. The number of hydrogen-bond acceptors (Lipinski definition) is 3. The van der Waals surface area contributed by atoms with E-state index < -0.39 is 0 Å². The Morgan fingerprint density at radius 3 is 3.12 bits per heavy atom. The molecule has 0 amide bonds. The highest BCUT2D eigenvalue weighted by Gasteiger charge is 2.24. The van der Waals surface area contributed by atoms with Crippen molar-refractivity contribution in [2.75, 3.05) is 20.1 Å². The van der Waals surface area contributed by atoms with Gasteiger partial charge in [0.15, 0.2) is 6.10 Å². The molecular weight excluding hydrogens is 284 g/mol. The van der Waals surface area contributed by atoms with Crippen LogP contribution in [0.4, 0.5) is 0 Å². The number of pyridine rings is 1. The Morgan fingerprint density at radius 1 is 1.59 bits per heavy atom. The SMILES string of the molecule is C[NH+]1CCC[C@@H](OC(=O)c2cncc(Br)c2)C1. The predicted molar refractivity (Wildman–Crippen MR) is 67.0 cm³/mol. The predicted octanol–water partition coefficient (Wildman–Crippen LogP) is 0.678. The molecule has 0 saturated carbocycles. The zero-order valence-corrected chi connectivity index (χ0v) is 11.4. The number of likely N-dealkylation sites (N-methyl/N-ethyl adjacent to an activating group) is 1. The standard InChI is InChI=1S/C12H15BrN2O2/c1-15-4-2-3-11(8-15)17-12(16)9-5-10(13)7-14-6-9/h5-7,11H,2-4,8H2,1H3/p+1/t11-/m1/s1. The van der Waals surface area contributed by atoms with E-state index in [1.54, 1.807) is 12.3 Å². The van der Waals surface area contributed by atoms with Crippen molar-refractivity contribution in [3.63, 3.8) is 0 Å². The minimum Gasteiger partial charge on any atom is -0.453 e. The molecule has 92 valence electrons. The first-order chi connectivity index (χ1) is 8.15. The van der Waals surface area contributed by atoms with Crippen LogP contribution in [0.15, 0.2) is 22.9 Å². The maximum atomic E-state index is 11.9. The van der Waals surface area contributed by atoms with Gasteiger partial charge in [0.05, 0.1) is 19.2 Å². The molecule has 0 aliphatic carbocycles. The third-order valence-corrected chi connectivity index (χ3v) is 3.35. The highest BCUT2D eigenvalue weighted by atomic mass is 79.9. The second-order valence-corrected chi connectivity index (χ2v) is 5.39. The number of nitrogens with one attached hydrogen (secondary N) is 1. The number of aromatic nitrogens is 1. The summed E-state index contributed by atoms with van der Waals surface area (Å²) in [5.41, 5.74) is 0.502. The van der Waals surface area contributed by atoms with Crippen LogP contribution < -0.4 is 4.90 Å². The topological polar surface area (TPSA) is 43.6 Å². The van der Waals surface area contributed by atoms with Crippen molar-refractivity contribution in [1.29, 1.82) is 0 Å². The zero-order chi connectivity index (χ0) is 12.3. The summed E-state index contributed by atoms with van der Waals surface area (Å²) in [6, 6.07) is 1.73. The summed E-state index contributed by atoms with van der Waals surface area (Å²) in [5, 5.41) is 0. The van der Waals surface area contributed by atoms with E-state index in [2.05, 4.69) is 28.0 Å². The third-order valence-electron chi connectivity index (χ3n) is 2.92. The number of nitrogens with zero attached hydrogens (tertiary/aromatic N) is 1. The average molecular weight is 300 g/mol. The molecule has 1 aromatic rings. The number of carbonyl (C=O) groups is 1. The lowest BCUT2D eigenvalue weighted by molar-refractivity contribution is -0.888. The van der Waals surface area contributed by atoms with Gasteiger partial charge in [-0.3, -0.25) is 4.98 Å². The maximum Gasteiger partial charge on any atom is 0.340 e. The van der Waals surface area contributed by atoms with E-state index in [0.717, 1.165) is 30.4 Å². The van der Waals surface area contributed by atoms with Crippen LogP contribution in [0.3, 0.4) is 0 Å². The Bertz CT molecular complexity index is 411. The lowest BCUT2D eigenvalue weighted by atomic mass is 10.1. The number of carbonyl (C=O) groups excluding carboxylic acids is 1. The van der Waals surface area contributed by atoms with Gasteiger partial charge < -0.3 is 9.64 Å². The van der Waals surface area contributed by atoms with Gasteiger partial charge >= 0.3 is 5.97 Å². The molecule has 1 N–H and O–H groups in total. The van der Waals surface area contributed by atoms with Crippen LogP contribution in [0.25, 0.3) is 0 Å². The number of likely N-dealkylation sites (tertiary alicyclic amines) is 1. The first-order valence-corrected chi connectivity index (χ1v) is 6.57. The van der Waals surface area contributed by atoms with Crippen LogP contribution in [0.5, 0.6) is 0 Å². The summed E-state index contributed by atoms with van der Waals surface area (Å²) in [6.07, 6.45) is 5.29. The van der Waals surface area contributed by atoms with Gasteiger partial charge in [0.25, 0.3) is 0 Å². The van der Waals surface area contributed by atoms with Gasteiger partial charge in [-0.1, -0.05) is 0 Å². The van der Waals surface area contributed by atoms with Gasteiger partial charge in [0, 0.05) is 23.3 Å². The van der Waals surface area contributed by atoms with Gasteiger partial charge in [0.1, 0.15) is 6.54 Å². The molecule has 1 unspecified atom stereocenters. The second kappa shape index (κ2) is 5.60. The first kappa shape index (κ1) is 12.5. The molecule has 1 aromatic heterocycles. The third kappa shape index (κ3) is 3.51. The number of halogens is 1. The van der Waals surface area contributed by atoms with Crippen LogP contribution in [0, 0.1) is 0 Å². The quantitative estimate of drug-likeness (QED) is 0.817. The van der Waals surface area contributed by atoms with Crippen LogP contribution in [0.2, 0.25) is 0 Å². The highest BCUT2D eigenvalue weighted by molar-refractivity contribution is 9.10. The van der Waals surface area contributed by atoms with Crippen molar-refractivity contribution in [3.8, 4) is 0 Å². The fraction of sp³-hybridized carbons (Fsp3) is 0.500. The summed E-state index contributed by atoms with van der Waals surface area (Å²) in [5.74, 6) is -0.279. The summed E-state index contributed by atoms with van der Waals surface area (Å²) in [7, 11) is 2.13.